The number of hydrogen-bond acceptors (Lipinski definition) is 6. The lowest BCUT2D eigenvalue weighted by Crippen LogP contribution is -2.47. The van der Waals surface area contributed by atoms with Crippen LogP contribution in [-0.4, -0.2) is 17.6 Å². The van der Waals surface area contributed by atoms with E-state index in [1.807, 2.05) is 36.4 Å². The number of nitrogens with zero attached hydrogens (tertiary/aromatic N) is 2. The molecule has 0 saturated heterocycles. The Kier molecular flexibility index (Phi) is 3.40. The van der Waals surface area contributed by atoms with Crippen LogP contribution < -0.4 is 15.8 Å². The van der Waals surface area contributed by atoms with Crippen LogP contribution in [0.5, 0.6) is 0 Å². The number of benzene rings is 2. The van der Waals surface area contributed by atoms with Crippen molar-refractivity contribution in [2.75, 3.05) is 16.8 Å². The molecule has 1 spiro atoms. The summed E-state index contributed by atoms with van der Waals surface area (Å²) >= 11 is 0. The lowest BCUT2D eigenvalue weighted by Gasteiger charge is -2.33. The molecular weight excluding hydrogens is 394 g/mol. The van der Waals surface area contributed by atoms with Crippen LogP contribution >= 0.6 is 0 Å². The monoisotopic (exact) mass is 411 g/mol. The zero-order valence-corrected chi connectivity index (χ0v) is 16.6. The lowest BCUT2D eigenvalue weighted by atomic mass is 9.68. The van der Waals surface area contributed by atoms with Gasteiger partial charge in [-0.2, -0.15) is 0 Å². The molecule has 1 atom stereocenters. The molecule has 0 aliphatic carbocycles. The Labute approximate surface area is 176 Å². The van der Waals surface area contributed by atoms with Gasteiger partial charge >= 0.3 is 5.63 Å². The molecule has 2 aliphatic heterocycles. The summed E-state index contributed by atoms with van der Waals surface area (Å²) in [4.78, 5) is 29.3. The minimum atomic E-state index is -1.43. The van der Waals surface area contributed by atoms with Gasteiger partial charge in [0.15, 0.2) is 0 Å². The highest BCUT2D eigenvalue weighted by atomic mass is 16.5. The fourth-order valence-electron chi connectivity index (χ4n) is 5.00. The summed E-state index contributed by atoms with van der Waals surface area (Å²) in [5, 5.41) is 8.03. The number of para-hydroxylation sites is 2. The second-order valence-corrected chi connectivity index (χ2v) is 7.70. The largest absolute Gasteiger partial charge is 0.422 e. The number of aromatic nitrogens is 1. The Hall–Kier alpha value is -4.13. The number of aryl methyl sites for hydroxylation is 1. The second kappa shape index (κ2) is 5.95. The average molecular weight is 411 g/mol. The van der Waals surface area contributed by atoms with E-state index in [2.05, 4.69) is 17.1 Å². The molecule has 1 unspecified atom stereocenters. The molecule has 0 radical (unpaired) electrons. The number of amides is 1. The molecule has 2 aromatic heterocycles. The Morgan fingerprint density at radius 2 is 1.90 bits per heavy atom. The van der Waals surface area contributed by atoms with Crippen molar-refractivity contribution in [3.63, 3.8) is 0 Å². The highest BCUT2D eigenvalue weighted by Crippen LogP contribution is 2.57. The molecule has 0 fully saturated rings. The maximum atomic E-state index is 14.2. The minimum Gasteiger partial charge on any atom is -0.422 e. The van der Waals surface area contributed by atoms with Crippen LogP contribution in [0.15, 0.2) is 74.9 Å². The molecule has 6 rings (SSSR count). The van der Waals surface area contributed by atoms with Gasteiger partial charge in [-0.3, -0.25) is 4.79 Å². The third kappa shape index (κ3) is 2.00. The maximum absolute atomic E-state index is 14.2. The highest BCUT2D eigenvalue weighted by Gasteiger charge is 2.60. The number of rotatable bonds is 2. The molecule has 7 heteroatoms. The van der Waals surface area contributed by atoms with Gasteiger partial charge in [0.05, 0.1) is 22.5 Å². The molecule has 4 aromatic rings. The van der Waals surface area contributed by atoms with Crippen molar-refractivity contribution in [3.8, 4) is 0 Å². The van der Waals surface area contributed by atoms with Crippen molar-refractivity contribution < 1.29 is 13.7 Å². The van der Waals surface area contributed by atoms with Gasteiger partial charge in [-0.25, -0.2) is 4.79 Å². The molecule has 0 saturated carbocycles. The molecule has 31 heavy (non-hydrogen) atoms. The third-order valence-electron chi connectivity index (χ3n) is 6.14. The molecule has 0 bridgehead atoms. The van der Waals surface area contributed by atoms with Gasteiger partial charge in [0.25, 0.3) is 0 Å². The molecule has 152 valence electrons. The molecular formula is C24H17N3O4. The Bertz CT molecular complexity index is 1480. The molecule has 1 amide bonds. The van der Waals surface area contributed by atoms with Gasteiger partial charge in [-0.1, -0.05) is 41.6 Å². The first-order chi connectivity index (χ1) is 15.1. The Morgan fingerprint density at radius 3 is 2.74 bits per heavy atom. The molecule has 2 aliphatic rings. The first-order valence-electron chi connectivity index (χ1n) is 9.91. The van der Waals surface area contributed by atoms with E-state index in [9.17, 15) is 9.59 Å². The van der Waals surface area contributed by atoms with Gasteiger partial charge < -0.3 is 19.2 Å². The van der Waals surface area contributed by atoms with Crippen LogP contribution in [0.1, 0.15) is 22.4 Å². The van der Waals surface area contributed by atoms with Gasteiger partial charge in [0.1, 0.15) is 11.0 Å². The van der Waals surface area contributed by atoms with E-state index >= 15 is 0 Å². The Morgan fingerprint density at radius 1 is 1.13 bits per heavy atom. The van der Waals surface area contributed by atoms with Crippen LogP contribution in [0.2, 0.25) is 0 Å². The predicted octanol–water partition coefficient (Wildman–Crippen LogP) is 4.01. The van der Waals surface area contributed by atoms with E-state index in [0.717, 1.165) is 5.69 Å². The van der Waals surface area contributed by atoms with E-state index in [4.69, 9.17) is 8.94 Å². The topological polar surface area (TPSA) is 88.6 Å². The quantitative estimate of drug-likeness (QED) is 0.396. The smallest absolute Gasteiger partial charge is 0.343 e. The number of anilines is 3. The van der Waals surface area contributed by atoms with Crippen molar-refractivity contribution in [1.82, 2.24) is 5.16 Å². The molecule has 1 N–H and O–H groups in total. The summed E-state index contributed by atoms with van der Waals surface area (Å²) < 4.78 is 11.3. The van der Waals surface area contributed by atoms with Gasteiger partial charge in [0, 0.05) is 23.2 Å². The second-order valence-electron chi connectivity index (χ2n) is 7.70. The van der Waals surface area contributed by atoms with Gasteiger partial charge in [0.2, 0.25) is 11.8 Å². The summed E-state index contributed by atoms with van der Waals surface area (Å²) in [6.07, 6.45) is 1.67. The average Bonchev–Trinajstić information content (AvgIpc) is 3.26. The van der Waals surface area contributed by atoms with E-state index in [-0.39, 0.29) is 11.5 Å². The molecule has 4 heterocycles. The van der Waals surface area contributed by atoms with Crippen LogP contribution in [0, 0.1) is 6.92 Å². The SMILES string of the molecule is C=CCN1C(=O)C2(c3ccccc31)c1c(C)noc1Nc1c2c(=O)oc2ccccc12. The van der Waals surface area contributed by atoms with Crippen LogP contribution in [-0.2, 0) is 10.2 Å². The van der Waals surface area contributed by atoms with Crippen molar-refractivity contribution in [2.45, 2.75) is 12.3 Å². The minimum absolute atomic E-state index is 0.244. The van der Waals surface area contributed by atoms with Crippen LogP contribution in [0.4, 0.5) is 17.3 Å². The summed E-state index contributed by atoms with van der Waals surface area (Å²) in [6.45, 7) is 5.88. The van der Waals surface area contributed by atoms with Crippen LogP contribution in [0.3, 0.4) is 0 Å². The van der Waals surface area contributed by atoms with E-state index in [1.54, 1.807) is 30.0 Å². The lowest BCUT2D eigenvalue weighted by molar-refractivity contribution is -0.120. The standard InChI is InChI=1S/C24H17N3O4/c1-3-12-27-16-10-6-5-9-15(16)24(23(27)29)18-13(2)26-31-21(18)25-20-14-8-4-7-11-17(14)30-22(28)19(20)24/h3-11,25H,1,12H2,2H3. The fraction of sp³-hybridized carbons (Fsp3) is 0.125. The highest BCUT2D eigenvalue weighted by molar-refractivity contribution is 6.16. The molecule has 7 nitrogen and oxygen atoms in total. The molecule has 2 aromatic carbocycles. The number of nitrogens with one attached hydrogen (secondary N) is 1. The zero-order chi connectivity index (χ0) is 21.3. The van der Waals surface area contributed by atoms with Gasteiger partial charge in [-0.05, 0) is 25.1 Å². The summed E-state index contributed by atoms with van der Waals surface area (Å²) in [5.41, 5.74) is 1.65. The zero-order valence-electron chi connectivity index (χ0n) is 16.6. The van der Waals surface area contributed by atoms with Crippen molar-refractivity contribution >= 4 is 34.1 Å². The Balaban J connectivity index is 1.84. The van der Waals surface area contributed by atoms with Crippen molar-refractivity contribution in [3.05, 3.63) is 94.0 Å². The number of hydrogen-bond donors (Lipinski definition) is 1. The number of carbonyl (C=O) groups excluding carboxylic acids is 1. The van der Waals surface area contributed by atoms with Crippen molar-refractivity contribution in [1.29, 1.82) is 0 Å². The summed E-state index contributed by atoms with van der Waals surface area (Å²) in [5.74, 6) is 0.0934. The summed E-state index contributed by atoms with van der Waals surface area (Å²) in [7, 11) is 0. The van der Waals surface area contributed by atoms with Gasteiger partial charge in [-0.15, -0.1) is 6.58 Å². The predicted molar refractivity (Wildman–Crippen MR) is 116 cm³/mol. The normalized spacial score (nSPS) is 18.6. The van der Waals surface area contributed by atoms with Crippen LogP contribution in [0.25, 0.3) is 11.0 Å². The third-order valence-corrected chi connectivity index (χ3v) is 6.14. The number of carbonyl (C=O) groups is 1. The van der Waals surface area contributed by atoms with Crippen molar-refractivity contribution in [2.24, 2.45) is 0 Å². The van der Waals surface area contributed by atoms with E-state index < -0.39 is 11.0 Å². The maximum Gasteiger partial charge on any atom is 0.343 e. The first kappa shape index (κ1) is 17.7. The van der Waals surface area contributed by atoms with E-state index in [1.165, 1.54) is 0 Å². The first-order valence-corrected chi connectivity index (χ1v) is 9.91. The van der Waals surface area contributed by atoms with E-state index in [0.29, 0.717) is 45.9 Å². The fourth-order valence-corrected chi connectivity index (χ4v) is 5.00. The summed E-state index contributed by atoms with van der Waals surface area (Å²) in [6, 6.07) is 14.7. The number of fused-ring (bicyclic) bond motifs is 8.